The van der Waals surface area contributed by atoms with E-state index in [1.165, 1.54) is 18.3 Å². The number of aromatic nitrogens is 1. The Kier molecular flexibility index (Phi) is 4.91. The van der Waals surface area contributed by atoms with E-state index < -0.39 is 12.0 Å². The molecule has 1 amide bonds. The second kappa shape index (κ2) is 6.22. The maximum absolute atomic E-state index is 11.5. The van der Waals surface area contributed by atoms with Crippen molar-refractivity contribution >= 4 is 23.2 Å². The lowest BCUT2D eigenvalue weighted by molar-refractivity contribution is -0.147. The number of thiazole rings is 1. The van der Waals surface area contributed by atoms with Crippen LogP contribution in [0.25, 0.3) is 0 Å². The Hall–Kier alpha value is -1.43. The number of ether oxygens (including phenoxy) is 1. The predicted octanol–water partition coefficient (Wildman–Crippen LogP) is 0.753. The minimum absolute atomic E-state index is 0.256. The smallest absolute Gasteiger partial charge is 0.329 e. The standard InChI is InChI=1S/C10H14N2O3S/c1-3-15-10(14)9(12-7(2)13)4-8-5-16-6-11-8/h5-6,9H,3-4H2,1-2H3,(H,12,13)/t9-/m1/s1. The van der Waals surface area contributed by atoms with Crippen LogP contribution in [0.15, 0.2) is 10.9 Å². The third-order valence-corrected chi connectivity index (χ3v) is 2.48. The highest BCUT2D eigenvalue weighted by Crippen LogP contribution is 2.05. The zero-order chi connectivity index (χ0) is 12.0. The van der Waals surface area contributed by atoms with E-state index >= 15 is 0 Å². The number of carbonyl (C=O) groups excluding carboxylic acids is 2. The van der Waals surface area contributed by atoms with Crippen molar-refractivity contribution in [3.8, 4) is 0 Å². The van der Waals surface area contributed by atoms with Crippen LogP contribution in [0, 0.1) is 0 Å². The van der Waals surface area contributed by atoms with E-state index in [9.17, 15) is 9.59 Å². The molecule has 1 heterocycles. The van der Waals surface area contributed by atoms with Crippen molar-refractivity contribution in [2.45, 2.75) is 26.3 Å². The summed E-state index contributed by atoms with van der Waals surface area (Å²) in [5, 5.41) is 4.40. The van der Waals surface area contributed by atoms with E-state index in [2.05, 4.69) is 10.3 Å². The molecule has 1 aromatic rings. The number of nitrogens with one attached hydrogen (secondary N) is 1. The molecule has 0 fully saturated rings. The molecule has 0 aliphatic heterocycles. The predicted molar refractivity (Wildman–Crippen MR) is 60.1 cm³/mol. The molecule has 0 bridgehead atoms. The molecule has 1 atom stereocenters. The van der Waals surface area contributed by atoms with Crippen molar-refractivity contribution in [2.24, 2.45) is 0 Å². The second-order valence-electron chi connectivity index (χ2n) is 3.19. The fourth-order valence-electron chi connectivity index (χ4n) is 1.23. The molecule has 1 aromatic heterocycles. The van der Waals surface area contributed by atoms with E-state index in [1.807, 2.05) is 5.38 Å². The average Bonchev–Trinajstić information content (AvgIpc) is 2.69. The van der Waals surface area contributed by atoms with Crippen LogP contribution in [0.3, 0.4) is 0 Å². The molecule has 0 aliphatic carbocycles. The van der Waals surface area contributed by atoms with Gasteiger partial charge in [0.05, 0.1) is 17.8 Å². The van der Waals surface area contributed by atoms with Gasteiger partial charge in [0.2, 0.25) is 5.91 Å². The molecule has 6 heteroatoms. The Balaban J connectivity index is 2.63. The van der Waals surface area contributed by atoms with Crippen molar-refractivity contribution in [3.63, 3.8) is 0 Å². The lowest BCUT2D eigenvalue weighted by atomic mass is 10.1. The van der Waals surface area contributed by atoms with Crippen molar-refractivity contribution in [1.82, 2.24) is 10.3 Å². The molecule has 0 radical (unpaired) electrons. The highest BCUT2D eigenvalue weighted by molar-refractivity contribution is 7.07. The number of carbonyl (C=O) groups is 2. The molecule has 0 unspecified atom stereocenters. The molecule has 1 rings (SSSR count). The molecular weight excluding hydrogens is 228 g/mol. The fourth-order valence-corrected chi connectivity index (χ4v) is 1.80. The van der Waals surface area contributed by atoms with Crippen LogP contribution < -0.4 is 5.32 Å². The highest BCUT2D eigenvalue weighted by Gasteiger charge is 2.21. The van der Waals surface area contributed by atoms with Crippen LogP contribution in [0.4, 0.5) is 0 Å². The summed E-state index contributed by atoms with van der Waals surface area (Å²) >= 11 is 1.45. The fraction of sp³-hybridized carbons (Fsp3) is 0.500. The number of amides is 1. The Morgan fingerprint density at radius 1 is 1.62 bits per heavy atom. The second-order valence-corrected chi connectivity index (χ2v) is 3.91. The molecule has 0 saturated carbocycles. The van der Waals surface area contributed by atoms with Gasteiger partial charge < -0.3 is 10.1 Å². The minimum atomic E-state index is -0.653. The topological polar surface area (TPSA) is 68.3 Å². The number of hydrogen-bond acceptors (Lipinski definition) is 5. The van der Waals surface area contributed by atoms with E-state index in [-0.39, 0.29) is 5.91 Å². The summed E-state index contributed by atoms with van der Waals surface area (Å²) in [6, 6.07) is -0.653. The van der Waals surface area contributed by atoms with Crippen LogP contribution in [-0.4, -0.2) is 29.5 Å². The normalized spacial score (nSPS) is 11.9. The third kappa shape index (κ3) is 3.98. The summed E-state index contributed by atoms with van der Waals surface area (Å²) in [7, 11) is 0. The molecule has 1 N–H and O–H groups in total. The van der Waals surface area contributed by atoms with Gasteiger partial charge in [-0.25, -0.2) is 9.78 Å². The van der Waals surface area contributed by atoms with Gasteiger partial charge in [0.25, 0.3) is 0 Å². The number of nitrogens with zero attached hydrogens (tertiary/aromatic N) is 1. The lowest BCUT2D eigenvalue weighted by Crippen LogP contribution is -2.42. The molecule has 0 aromatic carbocycles. The SMILES string of the molecule is CCOC(=O)[C@@H](Cc1cscn1)NC(C)=O. The van der Waals surface area contributed by atoms with Gasteiger partial charge in [-0.1, -0.05) is 0 Å². The minimum Gasteiger partial charge on any atom is -0.464 e. The Labute approximate surface area is 97.8 Å². The summed E-state index contributed by atoms with van der Waals surface area (Å²) in [5.74, 6) is -0.681. The van der Waals surface area contributed by atoms with Crippen LogP contribution in [0.2, 0.25) is 0 Å². The van der Waals surface area contributed by atoms with Crippen LogP contribution in [-0.2, 0) is 20.7 Å². The molecule has 0 aliphatic rings. The zero-order valence-electron chi connectivity index (χ0n) is 9.23. The van der Waals surface area contributed by atoms with Gasteiger partial charge in [-0.05, 0) is 6.92 Å². The summed E-state index contributed by atoms with van der Waals surface area (Å²) in [6.07, 6.45) is 0.363. The summed E-state index contributed by atoms with van der Waals surface area (Å²) in [6.45, 7) is 3.39. The zero-order valence-corrected chi connectivity index (χ0v) is 10.0. The van der Waals surface area contributed by atoms with Gasteiger partial charge >= 0.3 is 5.97 Å². The molecular formula is C10H14N2O3S. The van der Waals surface area contributed by atoms with Crippen LogP contribution in [0.5, 0.6) is 0 Å². The number of esters is 1. The first-order chi connectivity index (χ1) is 7.63. The molecule has 0 spiro atoms. The van der Waals surface area contributed by atoms with Crippen LogP contribution >= 0.6 is 11.3 Å². The largest absolute Gasteiger partial charge is 0.464 e. The number of rotatable bonds is 5. The number of hydrogen-bond donors (Lipinski definition) is 1. The van der Waals surface area contributed by atoms with Crippen molar-refractivity contribution < 1.29 is 14.3 Å². The average molecular weight is 242 g/mol. The quantitative estimate of drug-likeness (QED) is 0.774. The Bertz CT molecular complexity index is 351. The van der Waals surface area contributed by atoms with E-state index in [0.717, 1.165) is 5.69 Å². The van der Waals surface area contributed by atoms with Crippen LogP contribution in [0.1, 0.15) is 19.5 Å². The van der Waals surface area contributed by atoms with Crippen molar-refractivity contribution in [1.29, 1.82) is 0 Å². The van der Waals surface area contributed by atoms with Gasteiger partial charge in [-0.2, -0.15) is 0 Å². The van der Waals surface area contributed by atoms with Crippen molar-refractivity contribution in [3.05, 3.63) is 16.6 Å². The van der Waals surface area contributed by atoms with E-state index in [0.29, 0.717) is 13.0 Å². The summed E-state index contributed by atoms with van der Waals surface area (Å²) < 4.78 is 4.88. The van der Waals surface area contributed by atoms with Gasteiger partial charge in [0.1, 0.15) is 6.04 Å². The molecule has 5 nitrogen and oxygen atoms in total. The first-order valence-corrected chi connectivity index (χ1v) is 5.88. The first kappa shape index (κ1) is 12.6. The van der Waals surface area contributed by atoms with Gasteiger partial charge in [0, 0.05) is 18.7 Å². The summed E-state index contributed by atoms with van der Waals surface area (Å²) in [4.78, 5) is 26.6. The van der Waals surface area contributed by atoms with Gasteiger partial charge in [-0.15, -0.1) is 11.3 Å². The summed E-state index contributed by atoms with van der Waals surface area (Å²) in [5.41, 5.74) is 2.46. The maximum Gasteiger partial charge on any atom is 0.329 e. The third-order valence-electron chi connectivity index (χ3n) is 1.85. The maximum atomic E-state index is 11.5. The lowest BCUT2D eigenvalue weighted by Gasteiger charge is -2.14. The van der Waals surface area contributed by atoms with E-state index in [4.69, 9.17) is 4.74 Å². The first-order valence-electron chi connectivity index (χ1n) is 4.94. The Morgan fingerprint density at radius 2 is 2.38 bits per heavy atom. The molecule has 88 valence electrons. The monoisotopic (exact) mass is 242 g/mol. The molecule has 0 saturated heterocycles. The molecule has 16 heavy (non-hydrogen) atoms. The van der Waals surface area contributed by atoms with Crippen molar-refractivity contribution in [2.75, 3.05) is 6.61 Å². The van der Waals surface area contributed by atoms with Gasteiger partial charge in [-0.3, -0.25) is 4.79 Å². The van der Waals surface area contributed by atoms with E-state index in [1.54, 1.807) is 12.4 Å². The Morgan fingerprint density at radius 3 is 2.88 bits per heavy atom. The van der Waals surface area contributed by atoms with Gasteiger partial charge in [0.15, 0.2) is 0 Å². The highest BCUT2D eigenvalue weighted by atomic mass is 32.1.